The van der Waals surface area contributed by atoms with Crippen LogP contribution in [0.2, 0.25) is 5.02 Å². The summed E-state index contributed by atoms with van der Waals surface area (Å²) in [7, 11) is 1.82. The monoisotopic (exact) mass is 368 g/mol. The standard InChI is InChI=1S/C19H17ClN4O2/c1-12-10-17(21-23(12)2)18(25)24-9-8-15-16(22-26-19(15)24)7-6-13-4-3-5-14(20)11-13/h3-5,10-11,15,19H,8-9H2,1-2H3. The first-order valence-corrected chi connectivity index (χ1v) is 8.73. The van der Waals surface area contributed by atoms with Gasteiger partial charge in [-0.25, -0.2) is 0 Å². The predicted molar refractivity (Wildman–Crippen MR) is 97.7 cm³/mol. The SMILES string of the molecule is Cc1cc(C(=O)N2CCC3C(C#Cc4cccc(Cl)c4)=NOC32)nn1C. The Kier molecular flexibility index (Phi) is 4.17. The molecule has 132 valence electrons. The third-order valence-electron chi connectivity index (χ3n) is 4.70. The van der Waals surface area contributed by atoms with Gasteiger partial charge < -0.3 is 4.84 Å². The number of likely N-dealkylation sites (tertiary alicyclic amines) is 1. The van der Waals surface area contributed by atoms with Crippen LogP contribution in [0, 0.1) is 24.7 Å². The number of oxime groups is 1. The third-order valence-corrected chi connectivity index (χ3v) is 4.93. The van der Waals surface area contributed by atoms with Crippen molar-refractivity contribution >= 4 is 23.2 Å². The van der Waals surface area contributed by atoms with Crippen molar-refractivity contribution < 1.29 is 9.63 Å². The van der Waals surface area contributed by atoms with Gasteiger partial charge in [-0.15, -0.1) is 0 Å². The van der Waals surface area contributed by atoms with Crippen LogP contribution in [0.4, 0.5) is 0 Å². The number of halogens is 1. The number of amides is 1. The Labute approximate surface area is 156 Å². The van der Waals surface area contributed by atoms with Gasteiger partial charge in [0.1, 0.15) is 5.71 Å². The van der Waals surface area contributed by atoms with E-state index in [0.717, 1.165) is 17.7 Å². The summed E-state index contributed by atoms with van der Waals surface area (Å²) in [6.07, 6.45) is 0.360. The Hall–Kier alpha value is -2.78. The van der Waals surface area contributed by atoms with Crippen molar-refractivity contribution in [3.63, 3.8) is 0 Å². The molecule has 1 fully saturated rings. The predicted octanol–water partition coefficient (Wildman–Crippen LogP) is 2.61. The molecule has 2 aliphatic heterocycles. The van der Waals surface area contributed by atoms with Gasteiger partial charge in [-0.1, -0.05) is 28.7 Å². The van der Waals surface area contributed by atoms with Crippen molar-refractivity contribution in [2.45, 2.75) is 19.6 Å². The van der Waals surface area contributed by atoms with Crippen molar-refractivity contribution in [1.82, 2.24) is 14.7 Å². The summed E-state index contributed by atoms with van der Waals surface area (Å²) in [5, 5.41) is 9.00. The lowest BCUT2D eigenvalue weighted by atomic mass is 10.0. The summed E-state index contributed by atoms with van der Waals surface area (Å²) in [6, 6.07) is 9.13. The normalized spacial score (nSPS) is 20.9. The van der Waals surface area contributed by atoms with Crippen molar-refractivity contribution in [3.8, 4) is 11.8 Å². The fraction of sp³-hybridized carbons (Fsp3) is 0.316. The molecule has 0 spiro atoms. The summed E-state index contributed by atoms with van der Waals surface area (Å²) >= 11 is 5.98. The van der Waals surface area contributed by atoms with Crippen LogP contribution in [0.25, 0.3) is 0 Å². The number of carbonyl (C=O) groups excluding carboxylic acids is 1. The van der Waals surface area contributed by atoms with Gasteiger partial charge in [0, 0.05) is 29.9 Å². The highest BCUT2D eigenvalue weighted by molar-refractivity contribution is 6.30. The zero-order valence-corrected chi connectivity index (χ0v) is 15.2. The van der Waals surface area contributed by atoms with Gasteiger partial charge in [-0.05, 0) is 43.5 Å². The second-order valence-electron chi connectivity index (χ2n) is 6.42. The topological polar surface area (TPSA) is 59.7 Å². The number of aryl methyl sites for hydroxylation is 2. The number of benzene rings is 1. The highest BCUT2D eigenvalue weighted by atomic mass is 35.5. The van der Waals surface area contributed by atoms with Crippen molar-refractivity contribution in [1.29, 1.82) is 0 Å². The third kappa shape index (κ3) is 2.95. The Morgan fingerprint density at radius 2 is 2.19 bits per heavy atom. The Bertz CT molecular complexity index is 950. The van der Waals surface area contributed by atoms with Crippen LogP contribution in [0.5, 0.6) is 0 Å². The van der Waals surface area contributed by atoms with E-state index in [1.165, 1.54) is 0 Å². The average molecular weight is 369 g/mol. The van der Waals surface area contributed by atoms with Gasteiger partial charge in [-0.2, -0.15) is 5.10 Å². The maximum Gasteiger partial charge on any atom is 0.277 e. The van der Waals surface area contributed by atoms with E-state index in [9.17, 15) is 4.79 Å². The number of nitrogens with zero attached hydrogens (tertiary/aromatic N) is 4. The van der Waals surface area contributed by atoms with Crippen molar-refractivity contribution in [2.75, 3.05) is 6.54 Å². The molecule has 6 nitrogen and oxygen atoms in total. The lowest BCUT2D eigenvalue weighted by molar-refractivity contribution is -0.0176. The van der Waals surface area contributed by atoms with Crippen molar-refractivity contribution in [2.24, 2.45) is 18.1 Å². The second kappa shape index (κ2) is 6.50. The quantitative estimate of drug-likeness (QED) is 0.727. The number of fused-ring (bicyclic) bond motifs is 1. The molecule has 26 heavy (non-hydrogen) atoms. The Balaban J connectivity index is 1.50. The van der Waals surface area contributed by atoms with E-state index in [1.54, 1.807) is 27.8 Å². The summed E-state index contributed by atoms with van der Waals surface area (Å²) in [5.41, 5.74) is 2.84. The molecule has 1 amide bonds. The zero-order valence-electron chi connectivity index (χ0n) is 14.4. The lowest BCUT2D eigenvalue weighted by Crippen LogP contribution is -2.38. The van der Waals surface area contributed by atoms with Gasteiger partial charge >= 0.3 is 0 Å². The van der Waals surface area contributed by atoms with E-state index < -0.39 is 6.23 Å². The first-order chi connectivity index (χ1) is 12.5. The summed E-state index contributed by atoms with van der Waals surface area (Å²) in [5.74, 6) is 5.99. The van der Waals surface area contributed by atoms with Gasteiger partial charge in [0.25, 0.3) is 5.91 Å². The largest absolute Gasteiger partial charge is 0.369 e. The number of hydrogen-bond acceptors (Lipinski definition) is 4. The lowest BCUT2D eigenvalue weighted by Gasteiger charge is -2.20. The van der Waals surface area contributed by atoms with Crippen LogP contribution in [-0.2, 0) is 11.9 Å². The fourth-order valence-corrected chi connectivity index (χ4v) is 3.38. The Morgan fingerprint density at radius 3 is 2.92 bits per heavy atom. The molecule has 3 heterocycles. The molecule has 0 bridgehead atoms. The van der Waals surface area contributed by atoms with Crippen LogP contribution >= 0.6 is 11.6 Å². The smallest absolute Gasteiger partial charge is 0.277 e. The molecule has 1 saturated heterocycles. The van der Waals surface area contributed by atoms with E-state index >= 15 is 0 Å². The Morgan fingerprint density at radius 1 is 1.35 bits per heavy atom. The molecule has 2 aromatic rings. The molecule has 0 saturated carbocycles. The maximum absolute atomic E-state index is 12.7. The highest BCUT2D eigenvalue weighted by Crippen LogP contribution is 2.32. The zero-order chi connectivity index (χ0) is 18.3. The molecular weight excluding hydrogens is 352 g/mol. The van der Waals surface area contributed by atoms with Crippen LogP contribution in [-0.4, -0.2) is 39.1 Å². The highest BCUT2D eigenvalue weighted by Gasteiger charge is 2.45. The molecular formula is C19H17ClN4O2. The second-order valence-corrected chi connectivity index (χ2v) is 6.86. The molecule has 0 N–H and O–H groups in total. The van der Waals surface area contributed by atoms with Crippen molar-refractivity contribution in [3.05, 3.63) is 52.3 Å². The van der Waals surface area contributed by atoms with Crippen LogP contribution in [0.1, 0.15) is 28.2 Å². The van der Waals surface area contributed by atoms with Gasteiger partial charge in [0.05, 0.1) is 5.92 Å². The van der Waals surface area contributed by atoms with E-state index in [2.05, 4.69) is 22.1 Å². The number of carbonyl (C=O) groups is 1. The van der Waals surface area contributed by atoms with Crippen LogP contribution in [0.15, 0.2) is 35.5 Å². The molecule has 0 aliphatic carbocycles. The molecule has 0 radical (unpaired) electrons. The molecule has 4 rings (SSSR count). The summed E-state index contributed by atoms with van der Waals surface area (Å²) in [6.45, 7) is 2.51. The van der Waals surface area contributed by atoms with Gasteiger partial charge in [0.15, 0.2) is 5.69 Å². The molecule has 7 heteroatoms. The molecule has 1 aromatic heterocycles. The minimum atomic E-state index is -0.409. The number of aromatic nitrogens is 2. The van der Waals surface area contributed by atoms with E-state index in [1.807, 2.05) is 26.1 Å². The van der Waals surface area contributed by atoms with E-state index in [0.29, 0.717) is 23.0 Å². The van der Waals surface area contributed by atoms with Crippen LogP contribution < -0.4 is 0 Å². The number of hydrogen-bond donors (Lipinski definition) is 0. The molecule has 1 aromatic carbocycles. The average Bonchev–Trinajstić information content (AvgIpc) is 3.29. The minimum absolute atomic E-state index is 0.00422. The summed E-state index contributed by atoms with van der Waals surface area (Å²) < 4.78 is 1.69. The summed E-state index contributed by atoms with van der Waals surface area (Å²) in [4.78, 5) is 20.0. The minimum Gasteiger partial charge on any atom is -0.369 e. The van der Waals surface area contributed by atoms with E-state index in [4.69, 9.17) is 16.4 Å². The maximum atomic E-state index is 12.7. The molecule has 2 unspecified atom stereocenters. The van der Waals surface area contributed by atoms with E-state index in [-0.39, 0.29) is 11.8 Å². The van der Waals surface area contributed by atoms with Crippen LogP contribution in [0.3, 0.4) is 0 Å². The molecule has 2 atom stereocenters. The molecule has 2 aliphatic rings. The fourth-order valence-electron chi connectivity index (χ4n) is 3.19. The first-order valence-electron chi connectivity index (χ1n) is 8.36. The first kappa shape index (κ1) is 16.7. The van der Waals surface area contributed by atoms with Gasteiger partial charge in [-0.3, -0.25) is 14.4 Å². The number of rotatable bonds is 1. The van der Waals surface area contributed by atoms with Gasteiger partial charge in [0.2, 0.25) is 6.23 Å².